The number of aryl methyl sites for hydroxylation is 1. The Labute approximate surface area is 80.7 Å². The van der Waals surface area contributed by atoms with Gasteiger partial charge in [-0.25, -0.2) is 0 Å². The maximum atomic E-state index is 12.3. The van der Waals surface area contributed by atoms with Crippen molar-refractivity contribution in [2.75, 3.05) is 0 Å². The number of rotatable bonds is 2. The molecule has 0 saturated carbocycles. The van der Waals surface area contributed by atoms with Gasteiger partial charge in [0.25, 0.3) is 0 Å². The molecule has 0 atom stereocenters. The standard InChI is InChI=1S/C10H12F3N/c1-2-7-5-9(10(11,12)13)4-3-8(7)6-14/h3-5H,2,6,14H2,1H3. The Kier molecular flexibility index (Phi) is 3.16. The van der Waals surface area contributed by atoms with Crippen LogP contribution in [0.15, 0.2) is 18.2 Å². The minimum atomic E-state index is -4.27. The van der Waals surface area contributed by atoms with Gasteiger partial charge in [-0.2, -0.15) is 13.2 Å². The van der Waals surface area contributed by atoms with Crippen molar-refractivity contribution in [3.8, 4) is 0 Å². The van der Waals surface area contributed by atoms with Gasteiger partial charge in [0.1, 0.15) is 0 Å². The number of nitrogens with two attached hydrogens (primary N) is 1. The van der Waals surface area contributed by atoms with E-state index in [1.807, 2.05) is 6.92 Å². The van der Waals surface area contributed by atoms with Gasteiger partial charge in [0.2, 0.25) is 0 Å². The normalized spacial score (nSPS) is 11.8. The lowest BCUT2D eigenvalue weighted by molar-refractivity contribution is -0.137. The lowest BCUT2D eigenvalue weighted by Gasteiger charge is -2.11. The first-order valence-electron chi connectivity index (χ1n) is 4.38. The summed E-state index contributed by atoms with van der Waals surface area (Å²) in [5, 5.41) is 0. The van der Waals surface area contributed by atoms with Crippen LogP contribution in [0.3, 0.4) is 0 Å². The molecule has 0 aliphatic carbocycles. The van der Waals surface area contributed by atoms with E-state index in [-0.39, 0.29) is 6.54 Å². The molecule has 0 aliphatic rings. The van der Waals surface area contributed by atoms with E-state index < -0.39 is 11.7 Å². The number of hydrogen-bond acceptors (Lipinski definition) is 1. The highest BCUT2D eigenvalue weighted by molar-refractivity contribution is 5.33. The predicted molar refractivity (Wildman–Crippen MR) is 48.7 cm³/mol. The molecule has 0 amide bonds. The molecule has 0 radical (unpaired) electrons. The average molecular weight is 203 g/mol. The Balaban J connectivity index is 3.14. The van der Waals surface area contributed by atoms with Crippen molar-refractivity contribution in [2.45, 2.75) is 26.1 Å². The van der Waals surface area contributed by atoms with Crippen molar-refractivity contribution >= 4 is 0 Å². The fourth-order valence-electron chi connectivity index (χ4n) is 1.33. The molecule has 2 N–H and O–H groups in total. The van der Waals surface area contributed by atoms with E-state index in [0.29, 0.717) is 12.0 Å². The minimum Gasteiger partial charge on any atom is -0.326 e. The molecule has 0 aromatic heterocycles. The molecular formula is C10H12F3N. The Bertz CT molecular complexity index is 318. The van der Waals surface area contributed by atoms with E-state index in [1.165, 1.54) is 12.1 Å². The Hall–Kier alpha value is -1.03. The third-order valence-electron chi connectivity index (χ3n) is 2.13. The van der Waals surface area contributed by atoms with Gasteiger partial charge < -0.3 is 5.73 Å². The van der Waals surface area contributed by atoms with Crippen LogP contribution in [0.1, 0.15) is 23.6 Å². The summed E-state index contributed by atoms with van der Waals surface area (Å²) in [6.07, 6.45) is -3.70. The lowest BCUT2D eigenvalue weighted by atomic mass is 10.0. The van der Waals surface area contributed by atoms with Crippen molar-refractivity contribution in [1.82, 2.24) is 0 Å². The molecule has 0 bridgehead atoms. The maximum absolute atomic E-state index is 12.3. The molecule has 0 aliphatic heterocycles. The first-order valence-corrected chi connectivity index (χ1v) is 4.38. The van der Waals surface area contributed by atoms with E-state index in [4.69, 9.17) is 5.73 Å². The van der Waals surface area contributed by atoms with E-state index in [0.717, 1.165) is 11.6 Å². The maximum Gasteiger partial charge on any atom is 0.416 e. The summed E-state index contributed by atoms with van der Waals surface area (Å²) >= 11 is 0. The van der Waals surface area contributed by atoms with Gasteiger partial charge in [-0.05, 0) is 29.7 Å². The van der Waals surface area contributed by atoms with Gasteiger partial charge in [0.05, 0.1) is 5.56 Å². The number of benzene rings is 1. The largest absolute Gasteiger partial charge is 0.416 e. The molecule has 1 aromatic carbocycles. The molecule has 1 aromatic rings. The Morgan fingerprint density at radius 2 is 1.86 bits per heavy atom. The Morgan fingerprint density at radius 1 is 1.21 bits per heavy atom. The first-order chi connectivity index (χ1) is 6.49. The molecule has 1 rings (SSSR count). The van der Waals surface area contributed by atoms with Crippen LogP contribution in [0.25, 0.3) is 0 Å². The van der Waals surface area contributed by atoms with Gasteiger partial charge in [0.15, 0.2) is 0 Å². The fraction of sp³-hybridized carbons (Fsp3) is 0.400. The highest BCUT2D eigenvalue weighted by Gasteiger charge is 2.30. The zero-order valence-electron chi connectivity index (χ0n) is 7.86. The summed E-state index contributed by atoms with van der Waals surface area (Å²) < 4.78 is 36.9. The molecule has 0 saturated heterocycles. The van der Waals surface area contributed by atoms with Crippen molar-refractivity contribution in [3.05, 3.63) is 34.9 Å². The summed E-state index contributed by atoms with van der Waals surface area (Å²) in [5.41, 5.74) is 6.25. The van der Waals surface area contributed by atoms with Gasteiger partial charge in [0, 0.05) is 6.54 Å². The molecule has 0 spiro atoms. The van der Waals surface area contributed by atoms with Crippen LogP contribution in [0.2, 0.25) is 0 Å². The van der Waals surface area contributed by atoms with Crippen molar-refractivity contribution in [1.29, 1.82) is 0 Å². The monoisotopic (exact) mass is 203 g/mol. The molecule has 1 nitrogen and oxygen atoms in total. The van der Waals surface area contributed by atoms with Gasteiger partial charge >= 0.3 is 6.18 Å². The second kappa shape index (κ2) is 4.00. The summed E-state index contributed by atoms with van der Waals surface area (Å²) in [6, 6.07) is 3.69. The molecular weight excluding hydrogens is 191 g/mol. The third-order valence-corrected chi connectivity index (χ3v) is 2.13. The van der Waals surface area contributed by atoms with E-state index >= 15 is 0 Å². The zero-order valence-corrected chi connectivity index (χ0v) is 7.86. The molecule has 0 fully saturated rings. The smallest absolute Gasteiger partial charge is 0.326 e. The van der Waals surface area contributed by atoms with Gasteiger partial charge in [-0.15, -0.1) is 0 Å². The number of halogens is 3. The third kappa shape index (κ3) is 2.26. The van der Waals surface area contributed by atoms with Crippen LogP contribution in [0, 0.1) is 0 Å². The van der Waals surface area contributed by atoms with Gasteiger partial charge in [-0.3, -0.25) is 0 Å². The highest BCUT2D eigenvalue weighted by atomic mass is 19.4. The summed E-state index contributed by atoms with van der Waals surface area (Å²) in [4.78, 5) is 0. The molecule has 4 heteroatoms. The molecule has 0 unspecified atom stereocenters. The molecule has 0 heterocycles. The van der Waals surface area contributed by atoms with Crippen LogP contribution in [0.4, 0.5) is 13.2 Å². The second-order valence-electron chi connectivity index (χ2n) is 3.04. The van der Waals surface area contributed by atoms with Crippen LogP contribution < -0.4 is 5.73 Å². The average Bonchev–Trinajstić information content (AvgIpc) is 2.15. The SMILES string of the molecule is CCc1cc(C(F)(F)F)ccc1CN. The van der Waals surface area contributed by atoms with E-state index in [1.54, 1.807) is 0 Å². The van der Waals surface area contributed by atoms with Gasteiger partial charge in [-0.1, -0.05) is 13.0 Å². The fourth-order valence-corrected chi connectivity index (χ4v) is 1.33. The summed E-state index contributed by atoms with van der Waals surface area (Å²) in [5.74, 6) is 0. The van der Waals surface area contributed by atoms with Crippen LogP contribution in [0.5, 0.6) is 0 Å². The highest BCUT2D eigenvalue weighted by Crippen LogP contribution is 2.30. The number of hydrogen-bond donors (Lipinski definition) is 1. The summed E-state index contributed by atoms with van der Waals surface area (Å²) in [7, 11) is 0. The quantitative estimate of drug-likeness (QED) is 0.785. The topological polar surface area (TPSA) is 26.0 Å². The first kappa shape index (κ1) is 11.0. The number of alkyl halides is 3. The van der Waals surface area contributed by atoms with Crippen LogP contribution in [-0.2, 0) is 19.1 Å². The van der Waals surface area contributed by atoms with Crippen molar-refractivity contribution < 1.29 is 13.2 Å². The van der Waals surface area contributed by atoms with Crippen molar-refractivity contribution in [3.63, 3.8) is 0 Å². The molecule has 78 valence electrons. The second-order valence-corrected chi connectivity index (χ2v) is 3.04. The van der Waals surface area contributed by atoms with Crippen LogP contribution >= 0.6 is 0 Å². The zero-order chi connectivity index (χ0) is 10.8. The Morgan fingerprint density at radius 3 is 2.29 bits per heavy atom. The minimum absolute atomic E-state index is 0.279. The lowest BCUT2D eigenvalue weighted by Crippen LogP contribution is -2.08. The van der Waals surface area contributed by atoms with Crippen molar-refractivity contribution in [2.24, 2.45) is 5.73 Å². The van der Waals surface area contributed by atoms with E-state index in [2.05, 4.69) is 0 Å². The van der Waals surface area contributed by atoms with E-state index in [9.17, 15) is 13.2 Å². The van der Waals surface area contributed by atoms with Crippen LogP contribution in [-0.4, -0.2) is 0 Å². The predicted octanol–water partition coefficient (Wildman–Crippen LogP) is 2.73. The summed E-state index contributed by atoms with van der Waals surface area (Å²) in [6.45, 7) is 2.09. The molecule has 14 heavy (non-hydrogen) atoms.